The third kappa shape index (κ3) is 2.07. The smallest absolute Gasteiger partial charge is 0.292 e. The molecule has 0 N–H and O–H groups in total. The number of benzene rings is 1. The van der Waals surface area contributed by atoms with Gasteiger partial charge in [-0.3, -0.25) is 4.98 Å². The van der Waals surface area contributed by atoms with E-state index in [1.54, 1.807) is 25.1 Å². The molecule has 0 aliphatic carbocycles. The zero-order chi connectivity index (χ0) is 13.6. The summed E-state index contributed by atoms with van der Waals surface area (Å²) in [6, 6.07) is 6.24. The molecule has 1 aromatic heterocycles. The second-order valence-corrected chi connectivity index (χ2v) is 5.49. The van der Waals surface area contributed by atoms with Crippen LogP contribution in [0.25, 0.3) is 0 Å². The van der Waals surface area contributed by atoms with E-state index in [0.29, 0.717) is 20.9 Å². The summed E-state index contributed by atoms with van der Waals surface area (Å²) in [5, 5.41) is 0.509. The summed E-state index contributed by atoms with van der Waals surface area (Å²) in [5.41, 5.74) is 0.513. The molecular formula is C13H8BrClFNO2. The molecule has 0 saturated heterocycles. The second-order valence-electron chi connectivity index (χ2n) is 4.20. The lowest BCUT2D eigenvalue weighted by molar-refractivity contribution is -0.0732. The Kier molecular flexibility index (Phi) is 2.91. The first-order valence-corrected chi connectivity index (χ1v) is 6.65. The normalized spacial score (nSPS) is 20.6. The predicted octanol–water partition coefficient (Wildman–Crippen LogP) is 4.28. The largest absolute Gasteiger partial charge is 0.442 e. The van der Waals surface area contributed by atoms with Gasteiger partial charge >= 0.3 is 0 Å². The van der Waals surface area contributed by atoms with E-state index >= 15 is 0 Å². The molecule has 1 aliphatic heterocycles. The number of fused-ring (bicyclic) bond motifs is 1. The van der Waals surface area contributed by atoms with E-state index in [2.05, 4.69) is 20.9 Å². The van der Waals surface area contributed by atoms with Gasteiger partial charge in [-0.15, -0.1) is 0 Å². The molecule has 6 heteroatoms. The van der Waals surface area contributed by atoms with Crippen LogP contribution < -0.4 is 9.47 Å². The number of halogens is 3. The lowest BCUT2D eigenvalue weighted by atomic mass is 10.2. The minimum Gasteiger partial charge on any atom is -0.442 e. The highest BCUT2D eigenvalue weighted by Gasteiger charge is 2.42. The minimum atomic E-state index is -1.17. The van der Waals surface area contributed by atoms with Crippen LogP contribution in [0.1, 0.15) is 12.6 Å². The van der Waals surface area contributed by atoms with Crippen molar-refractivity contribution in [3.8, 4) is 11.5 Å². The Bertz CT molecular complexity index is 617. The first-order chi connectivity index (χ1) is 8.99. The van der Waals surface area contributed by atoms with Gasteiger partial charge in [-0.2, -0.15) is 0 Å². The van der Waals surface area contributed by atoms with Crippen molar-refractivity contribution in [2.24, 2.45) is 0 Å². The molecule has 98 valence electrons. The average molecular weight is 345 g/mol. The number of rotatable bonds is 1. The van der Waals surface area contributed by atoms with Crippen molar-refractivity contribution in [2.75, 3.05) is 0 Å². The van der Waals surface area contributed by atoms with Crippen LogP contribution in [0.5, 0.6) is 11.5 Å². The average Bonchev–Trinajstić information content (AvgIpc) is 2.75. The summed E-state index contributed by atoms with van der Waals surface area (Å²) in [4.78, 5) is 4.15. The number of hydrogen-bond donors (Lipinski definition) is 0. The number of hydrogen-bond acceptors (Lipinski definition) is 3. The monoisotopic (exact) mass is 343 g/mol. The van der Waals surface area contributed by atoms with Crippen LogP contribution in [-0.4, -0.2) is 4.98 Å². The highest BCUT2D eigenvalue weighted by atomic mass is 79.9. The maximum atomic E-state index is 13.7. The molecular weight excluding hydrogens is 337 g/mol. The molecule has 3 nitrogen and oxygen atoms in total. The van der Waals surface area contributed by atoms with E-state index in [-0.39, 0.29) is 5.75 Å². The van der Waals surface area contributed by atoms with E-state index < -0.39 is 11.6 Å². The van der Waals surface area contributed by atoms with Gasteiger partial charge in [0.2, 0.25) is 5.75 Å². The number of aromatic nitrogens is 1. The van der Waals surface area contributed by atoms with Gasteiger partial charge in [0.25, 0.3) is 5.79 Å². The quantitative estimate of drug-likeness (QED) is 0.774. The molecule has 0 amide bonds. The van der Waals surface area contributed by atoms with Crippen LogP contribution in [0.2, 0.25) is 5.02 Å². The molecule has 1 aromatic carbocycles. The van der Waals surface area contributed by atoms with Gasteiger partial charge in [0.1, 0.15) is 5.69 Å². The summed E-state index contributed by atoms with van der Waals surface area (Å²) in [6.45, 7) is 1.68. The Balaban J connectivity index is 2.04. The molecule has 2 heterocycles. The Hall–Kier alpha value is -1.33. The molecule has 0 spiro atoms. The Morgan fingerprint density at radius 3 is 2.58 bits per heavy atom. The summed E-state index contributed by atoms with van der Waals surface area (Å²) < 4.78 is 25.7. The molecule has 1 unspecified atom stereocenters. The van der Waals surface area contributed by atoms with Gasteiger partial charge in [-0.1, -0.05) is 11.6 Å². The Labute approximate surface area is 122 Å². The maximum Gasteiger partial charge on any atom is 0.292 e. The van der Waals surface area contributed by atoms with Crippen molar-refractivity contribution in [3.63, 3.8) is 0 Å². The summed E-state index contributed by atoms with van der Waals surface area (Å²) in [5.74, 6) is -1.23. The minimum absolute atomic E-state index is 0.0774. The topological polar surface area (TPSA) is 31.4 Å². The predicted molar refractivity (Wildman–Crippen MR) is 72.0 cm³/mol. The molecule has 0 saturated carbocycles. The zero-order valence-electron chi connectivity index (χ0n) is 9.78. The molecule has 19 heavy (non-hydrogen) atoms. The third-order valence-corrected chi connectivity index (χ3v) is 3.65. The van der Waals surface area contributed by atoms with E-state index in [1.165, 1.54) is 12.3 Å². The fourth-order valence-corrected chi connectivity index (χ4v) is 2.37. The van der Waals surface area contributed by atoms with Gasteiger partial charge < -0.3 is 9.47 Å². The fraction of sp³-hybridized carbons (Fsp3) is 0.154. The lowest BCUT2D eigenvalue weighted by Crippen LogP contribution is -2.32. The molecule has 1 atom stereocenters. The Morgan fingerprint density at radius 1 is 1.21 bits per heavy atom. The zero-order valence-corrected chi connectivity index (χ0v) is 12.1. The van der Waals surface area contributed by atoms with Gasteiger partial charge in [-0.25, -0.2) is 4.39 Å². The molecule has 3 rings (SSSR count). The van der Waals surface area contributed by atoms with Gasteiger partial charge in [0, 0.05) is 13.1 Å². The van der Waals surface area contributed by atoms with Crippen molar-refractivity contribution >= 4 is 27.5 Å². The number of pyridine rings is 1. The van der Waals surface area contributed by atoms with Crippen LogP contribution >= 0.6 is 27.5 Å². The highest BCUT2D eigenvalue weighted by Crippen LogP contribution is 2.48. The molecule has 1 aliphatic rings. The van der Waals surface area contributed by atoms with Crippen molar-refractivity contribution in [1.29, 1.82) is 0 Å². The molecule has 0 bridgehead atoms. The summed E-state index contributed by atoms with van der Waals surface area (Å²) in [6.07, 6.45) is 1.49. The van der Waals surface area contributed by atoms with Crippen LogP contribution in [0, 0.1) is 5.82 Å². The number of ether oxygens (including phenoxy) is 2. The first-order valence-electron chi connectivity index (χ1n) is 5.48. The van der Waals surface area contributed by atoms with Gasteiger partial charge in [-0.05, 0) is 40.2 Å². The molecule has 0 fully saturated rings. The van der Waals surface area contributed by atoms with Gasteiger partial charge in [0.05, 0.1) is 9.50 Å². The lowest BCUT2D eigenvalue weighted by Gasteiger charge is -2.22. The van der Waals surface area contributed by atoms with E-state index in [9.17, 15) is 4.39 Å². The van der Waals surface area contributed by atoms with Crippen molar-refractivity contribution in [1.82, 2.24) is 4.98 Å². The van der Waals surface area contributed by atoms with Crippen LogP contribution in [0.3, 0.4) is 0 Å². The SMILES string of the molecule is CC1(c2ccc(Cl)cn2)Oc2c(F)ccc(Br)c2O1. The number of nitrogens with zero attached hydrogens (tertiary/aromatic N) is 1. The standard InChI is InChI=1S/C13H8BrClFNO2/c1-13(10-5-2-7(15)6-17-10)18-11-8(14)3-4-9(16)12(11)19-13/h2-6H,1H3. The van der Waals surface area contributed by atoms with Crippen molar-refractivity contribution < 1.29 is 13.9 Å². The Morgan fingerprint density at radius 2 is 1.95 bits per heavy atom. The van der Waals surface area contributed by atoms with E-state index in [4.69, 9.17) is 21.1 Å². The molecule has 0 radical (unpaired) electrons. The second kappa shape index (κ2) is 4.35. The summed E-state index contributed by atoms with van der Waals surface area (Å²) in [7, 11) is 0. The maximum absolute atomic E-state index is 13.7. The van der Waals surface area contributed by atoms with E-state index in [0.717, 1.165) is 0 Å². The van der Waals surface area contributed by atoms with Crippen molar-refractivity contribution in [3.05, 3.63) is 51.5 Å². The third-order valence-electron chi connectivity index (χ3n) is 2.80. The first kappa shape index (κ1) is 12.7. The van der Waals surface area contributed by atoms with Gasteiger partial charge in [0.15, 0.2) is 11.6 Å². The summed E-state index contributed by atoms with van der Waals surface area (Å²) >= 11 is 9.10. The van der Waals surface area contributed by atoms with Crippen LogP contribution in [0.4, 0.5) is 4.39 Å². The van der Waals surface area contributed by atoms with Crippen LogP contribution in [0.15, 0.2) is 34.9 Å². The van der Waals surface area contributed by atoms with E-state index in [1.807, 2.05) is 0 Å². The fourth-order valence-electron chi connectivity index (χ4n) is 1.86. The highest BCUT2D eigenvalue weighted by molar-refractivity contribution is 9.10. The van der Waals surface area contributed by atoms with Crippen molar-refractivity contribution in [2.45, 2.75) is 12.7 Å². The molecule has 2 aromatic rings. The van der Waals surface area contributed by atoms with Crippen LogP contribution in [-0.2, 0) is 5.79 Å².